The van der Waals surface area contributed by atoms with Crippen LogP contribution >= 0.6 is 0 Å². The van der Waals surface area contributed by atoms with Crippen LogP contribution in [-0.4, -0.2) is 65.0 Å². The molecule has 3 N–H and O–H groups in total. The van der Waals surface area contributed by atoms with E-state index in [-0.39, 0.29) is 30.7 Å². The molecule has 0 spiro atoms. The molecular formula is C38H45N5O6S. The second-order valence-corrected chi connectivity index (χ2v) is 16.2. The molecule has 2 aromatic heterocycles. The highest BCUT2D eigenvalue weighted by Gasteiger charge is 2.33. The summed E-state index contributed by atoms with van der Waals surface area (Å²) >= 11 is 0. The smallest absolute Gasteiger partial charge is 0.272 e. The van der Waals surface area contributed by atoms with Crippen molar-refractivity contribution in [1.82, 2.24) is 24.2 Å². The third-order valence-electron chi connectivity index (χ3n) is 10.6. The number of aromatic nitrogens is 3. The van der Waals surface area contributed by atoms with Gasteiger partial charge in [0.1, 0.15) is 5.75 Å². The zero-order valence-electron chi connectivity index (χ0n) is 28.9. The molecule has 4 aromatic rings. The predicted octanol–water partition coefficient (Wildman–Crippen LogP) is 6.03. The monoisotopic (exact) mass is 699 g/mol. The van der Waals surface area contributed by atoms with Gasteiger partial charge in [-0.3, -0.25) is 9.59 Å². The van der Waals surface area contributed by atoms with Gasteiger partial charge in [-0.05, 0) is 105 Å². The molecule has 2 aromatic carbocycles. The Labute approximate surface area is 292 Å². The van der Waals surface area contributed by atoms with Crippen molar-refractivity contribution in [1.29, 1.82) is 0 Å². The lowest BCUT2D eigenvalue weighted by molar-refractivity contribution is 0.0938. The van der Waals surface area contributed by atoms with Crippen LogP contribution in [0.25, 0.3) is 33.8 Å². The number of methoxy groups -OCH3 is 1. The van der Waals surface area contributed by atoms with Gasteiger partial charge >= 0.3 is 0 Å². The summed E-state index contributed by atoms with van der Waals surface area (Å²) in [5.74, 6) is -0.00749. The number of benzene rings is 2. The molecule has 11 nitrogen and oxygen atoms in total. The number of carbonyl (C=O) groups excluding carboxylic acids is 2. The maximum atomic E-state index is 13.5. The van der Waals surface area contributed by atoms with Gasteiger partial charge in [0.25, 0.3) is 11.8 Å². The zero-order chi connectivity index (χ0) is 35.2. The number of amides is 2. The highest BCUT2D eigenvalue weighted by atomic mass is 32.2. The Bertz CT molecular complexity index is 2100. The quantitative estimate of drug-likeness (QED) is 0.183. The van der Waals surface area contributed by atoms with Crippen molar-refractivity contribution in [3.63, 3.8) is 0 Å². The van der Waals surface area contributed by atoms with Crippen LogP contribution in [0.15, 0.2) is 42.7 Å². The van der Waals surface area contributed by atoms with Crippen molar-refractivity contribution in [3.05, 3.63) is 70.8 Å². The van der Waals surface area contributed by atoms with Crippen molar-refractivity contribution in [3.8, 4) is 17.0 Å². The van der Waals surface area contributed by atoms with Gasteiger partial charge in [0.2, 0.25) is 10.0 Å². The first-order valence-corrected chi connectivity index (χ1v) is 19.2. The average molecular weight is 700 g/mol. The fourth-order valence-electron chi connectivity index (χ4n) is 7.67. The lowest BCUT2D eigenvalue weighted by Gasteiger charge is -2.29. The molecular weight excluding hydrogens is 655 g/mol. The molecule has 3 heterocycles. The van der Waals surface area contributed by atoms with Gasteiger partial charge in [-0.25, -0.2) is 18.1 Å². The van der Waals surface area contributed by atoms with Crippen molar-refractivity contribution in [2.75, 3.05) is 20.3 Å². The average Bonchev–Trinajstić information content (AvgIpc) is 3.60. The van der Waals surface area contributed by atoms with E-state index in [1.54, 1.807) is 25.6 Å². The van der Waals surface area contributed by atoms with Gasteiger partial charge < -0.3 is 24.3 Å². The van der Waals surface area contributed by atoms with Crippen LogP contribution in [0.1, 0.15) is 115 Å². The number of nitrogens with one attached hydrogen (secondary N) is 2. The number of hydrogen-bond acceptors (Lipinski definition) is 7. The van der Waals surface area contributed by atoms with E-state index in [9.17, 15) is 23.1 Å². The number of carbonyl (C=O) groups is 2. The van der Waals surface area contributed by atoms with Crippen LogP contribution in [0.3, 0.4) is 0 Å². The Hall–Kier alpha value is -4.42. The molecule has 3 aliphatic rings. The van der Waals surface area contributed by atoms with Crippen LogP contribution < -0.4 is 14.8 Å². The number of allylic oxidation sites excluding steroid dienone is 1. The summed E-state index contributed by atoms with van der Waals surface area (Å²) in [5.41, 5.74) is 7.24. The van der Waals surface area contributed by atoms with E-state index < -0.39 is 21.2 Å². The van der Waals surface area contributed by atoms with Gasteiger partial charge in [-0.15, -0.1) is 0 Å². The fraction of sp³-hybridized carbons (Fsp3) is 0.447. The van der Waals surface area contributed by atoms with Crippen LogP contribution in [0, 0.1) is 0 Å². The van der Waals surface area contributed by atoms with E-state index in [1.165, 1.54) is 25.8 Å². The van der Waals surface area contributed by atoms with Crippen molar-refractivity contribution in [2.24, 2.45) is 0 Å². The summed E-state index contributed by atoms with van der Waals surface area (Å²) in [6, 6.07) is 11.8. The third kappa shape index (κ3) is 6.12. The van der Waals surface area contributed by atoms with E-state index in [1.807, 2.05) is 18.2 Å². The second-order valence-electron chi connectivity index (χ2n) is 14.0. The summed E-state index contributed by atoms with van der Waals surface area (Å²) in [6.45, 7) is 3.38. The van der Waals surface area contributed by atoms with E-state index in [0.29, 0.717) is 23.9 Å². The van der Waals surface area contributed by atoms with E-state index in [0.717, 1.165) is 83.9 Å². The third-order valence-corrected chi connectivity index (χ3v) is 12.3. The predicted molar refractivity (Wildman–Crippen MR) is 194 cm³/mol. The normalized spacial score (nSPS) is 16.7. The van der Waals surface area contributed by atoms with E-state index in [2.05, 4.69) is 36.3 Å². The maximum Gasteiger partial charge on any atom is 0.272 e. The fourth-order valence-corrected chi connectivity index (χ4v) is 8.28. The largest absolute Gasteiger partial charge is 0.497 e. The Balaban J connectivity index is 1.48. The summed E-state index contributed by atoms with van der Waals surface area (Å²) in [4.78, 5) is 31.6. The van der Waals surface area contributed by atoms with Gasteiger partial charge in [-0.1, -0.05) is 25.3 Å². The summed E-state index contributed by atoms with van der Waals surface area (Å²) in [6.07, 6.45) is 12.5. The van der Waals surface area contributed by atoms with Gasteiger partial charge in [0.05, 0.1) is 43.2 Å². The molecule has 0 atom stereocenters. The van der Waals surface area contributed by atoms with Gasteiger partial charge in [0, 0.05) is 34.6 Å². The maximum absolute atomic E-state index is 13.5. The van der Waals surface area contributed by atoms with E-state index >= 15 is 0 Å². The summed E-state index contributed by atoms with van der Waals surface area (Å²) in [7, 11) is -2.19. The van der Waals surface area contributed by atoms with Crippen LogP contribution in [0.5, 0.6) is 5.75 Å². The standard InChI is InChI=1S/C38H45N5O6S/c1-23(2)50(47,48)41-37(45)25-12-14-31-32(20-25)42-21-27(35-34(38(46)39-16-17-44)40-22-43(35)28-10-7-11-28)18-26-19-29(49-3)13-15-30(26)36(42)33(31)24-8-5-4-6-9-24/h12-15,18-20,22-24,28,44H,4-11,16-17,21H2,1-3H3,(H,39,46)(H,41,45). The first-order valence-electron chi connectivity index (χ1n) is 17.7. The number of aliphatic hydroxyl groups is 1. The van der Waals surface area contributed by atoms with Crippen LogP contribution in [0.2, 0.25) is 0 Å². The molecule has 12 heteroatoms. The number of fused-ring (bicyclic) bond motifs is 5. The zero-order valence-corrected chi connectivity index (χ0v) is 29.7. The van der Waals surface area contributed by atoms with Gasteiger partial charge in [0.15, 0.2) is 5.69 Å². The number of hydrogen-bond donors (Lipinski definition) is 3. The highest BCUT2D eigenvalue weighted by Crippen LogP contribution is 2.48. The molecule has 50 heavy (non-hydrogen) atoms. The Morgan fingerprint density at radius 2 is 1.78 bits per heavy atom. The van der Waals surface area contributed by atoms with Crippen molar-refractivity contribution >= 4 is 44.4 Å². The molecule has 0 saturated heterocycles. The van der Waals surface area contributed by atoms with Crippen LogP contribution in [0.4, 0.5) is 0 Å². The number of sulfonamides is 1. The lowest BCUT2D eigenvalue weighted by Crippen LogP contribution is -2.35. The molecule has 7 rings (SSSR count). The minimum absolute atomic E-state index is 0.113. The van der Waals surface area contributed by atoms with Crippen molar-refractivity contribution < 1.29 is 27.9 Å². The topological polar surface area (TPSA) is 145 Å². The molecule has 2 aliphatic carbocycles. The Morgan fingerprint density at radius 3 is 2.46 bits per heavy atom. The minimum atomic E-state index is -3.84. The molecule has 1 aliphatic heterocycles. The summed E-state index contributed by atoms with van der Waals surface area (Å²) < 4.78 is 37.7. The molecule has 0 bridgehead atoms. The number of aliphatic hydroxyl groups excluding tert-OH is 1. The highest BCUT2D eigenvalue weighted by molar-refractivity contribution is 7.90. The molecule has 264 valence electrons. The number of nitrogens with zero attached hydrogens (tertiary/aromatic N) is 3. The molecule has 2 amide bonds. The van der Waals surface area contributed by atoms with Crippen molar-refractivity contribution in [2.45, 2.75) is 89.0 Å². The van der Waals surface area contributed by atoms with Gasteiger partial charge in [-0.2, -0.15) is 0 Å². The molecule has 0 radical (unpaired) electrons. The number of rotatable bonds is 10. The SMILES string of the molecule is COc1ccc2c(c1)C=C(c1c(C(=O)NCCO)ncn1C1CCC1)Cn1c-2c(C2CCCCC2)c2ccc(C(=O)NS(=O)(=O)C(C)C)cc21. The summed E-state index contributed by atoms with van der Waals surface area (Å²) in [5, 5.41) is 12.5. The molecule has 0 unspecified atom stereocenters. The first kappa shape index (κ1) is 34.0. The molecule has 2 saturated carbocycles. The second kappa shape index (κ2) is 13.7. The molecule has 2 fully saturated rings. The van der Waals surface area contributed by atoms with Crippen LogP contribution in [-0.2, 0) is 16.6 Å². The first-order chi connectivity index (χ1) is 24.1. The number of imidazole rings is 1. The minimum Gasteiger partial charge on any atom is -0.497 e. The number of ether oxygens (including phenoxy) is 1. The Kier molecular flexibility index (Phi) is 9.34. The Morgan fingerprint density at radius 1 is 1.00 bits per heavy atom. The van der Waals surface area contributed by atoms with E-state index in [4.69, 9.17) is 4.74 Å². The lowest BCUT2D eigenvalue weighted by atomic mass is 9.81.